The van der Waals surface area contributed by atoms with Gasteiger partial charge in [0.05, 0.1) is 12.7 Å². The summed E-state index contributed by atoms with van der Waals surface area (Å²) in [5.41, 5.74) is 0. The summed E-state index contributed by atoms with van der Waals surface area (Å²) in [6.45, 7) is 6.47. The first-order valence-electron chi connectivity index (χ1n) is 5.44. The summed E-state index contributed by atoms with van der Waals surface area (Å²) in [6.07, 6.45) is 3.70. The molecular weight excluding hydrogens is 164 g/mol. The fourth-order valence-electron chi connectivity index (χ4n) is 1.76. The van der Waals surface area contributed by atoms with Crippen LogP contribution in [-0.2, 0) is 0 Å². The highest BCUT2D eigenvalue weighted by atomic mass is 16.3. The lowest BCUT2D eigenvalue weighted by molar-refractivity contribution is 0.0632. The molecule has 0 spiro atoms. The van der Waals surface area contributed by atoms with Crippen molar-refractivity contribution < 1.29 is 10.2 Å². The molecular formula is C11H24O2. The second kappa shape index (κ2) is 7.34. The summed E-state index contributed by atoms with van der Waals surface area (Å²) in [7, 11) is 0. The van der Waals surface area contributed by atoms with Gasteiger partial charge in [0, 0.05) is 0 Å². The summed E-state index contributed by atoms with van der Waals surface area (Å²) < 4.78 is 0. The third kappa shape index (κ3) is 5.27. The fourth-order valence-corrected chi connectivity index (χ4v) is 1.76. The Morgan fingerprint density at radius 3 is 2.23 bits per heavy atom. The van der Waals surface area contributed by atoms with Gasteiger partial charge in [-0.2, -0.15) is 0 Å². The average Bonchev–Trinajstić information content (AvgIpc) is 2.15. The van der Waals surface area contributed by atoms with Crippen LogP contribution in [-0.4, -0.2) is 22.9 Å². The molecule has 0 aliphatic rings. The van der Waals surface area contributed by atoms with Crippen LogP contribution in [0.4, 0.5) is 0 Å². The van der Waals surface area contributed by atoms with Crippen LogP contribution in [0.25, 0.3) is 0 Å². The number of rotatable bonds is 7. The molecule has 13 heavy (non-hydrogen) atoms. The molecule has 0 radical (unpaired) electrons. The van der Waals surface area contributed by atoms with Crippen LogP contribution in [0.15, 0.2) is 0 Å². The second-order valence-electron chi connectivity index (χ2n) is 4.01. The Labute approximate surface area is 82.0 Å². The molecule has 0 amide bonds. The molecule has 0 fully saturated rings. The quantitative estimate of drug-likeness (QED) is 0.643. The molecule has 2 heteroatoms. The Morgan fingerprint density at radius 1 is 1.23 bits per heavy atom. The smallest absolute Gasteiger partial charge is 0.0773 e. The van der Waals surface area contributed by atoms with E-state index in [1.54, 1.807) is 0 Å². The van der Waals surface area contributed by atoms with Crippen molar-refractivity contribution in [2.45, 2.75) is 52.6 Å². The minimum absolute atomic E-state index is 0.101. The second-order valence-corrected chi connectivity index (χ2v) is 4.01. The monoisotopic (exact) mass is 188 g/mol. The Kier molecular flexibility index (Phi) is 7.29. The summed E-state index contributed by atoms with van der Waals surface area (Å²) in [6, 6.07) is 0. The maximum absolute atomic E-state index is 9.35. The Balaban J connectivity index is 3.92. The highest BCUT2D eigenvalue weighted by molar-refractivity contribution is 4.69. The lowest BCUT2D eigenvalue weighted by atomic mass is 9.84. The molecule has 0 saturated heterocycles. The standard InChI is InChI=1S/C11H24O2/c1-4-6-10(9(3)5-2)7-11(13)8-12/h9-13H,4-8H2,1-3H3. The molecule has 3 atom stereocenters. The summed E-state index contributed by atoms with van der Waals surface area (Å²) >= 11 is 0. The normalized spacial score (nSPS) is 18.2. The van der Waals surface area contributed by atoms with Gasteiger partial charge in [0.15, 0.2) is 0 Å². The van der Waals surface area contributed by atoms with Crippen molar-refractivity contribution in [2.24, 2.45) is 11.8 Å². The lowest BCUT2D eigenvalue weighted by Crippen LogP contribution is -2.21. The lowest BCUT2D eigenvalue weighted by Gasteiger charge is -2.24. The minimum Gasteiger partial charge on any atom is -0.394 e. The Hall–Kier alpha value is -0.0800. The number of aliphatic hydroxyl groups is 2. The van der Waals surface area contributed by atoms with Gasteiger partial charge in [-0.05, 0) is 18.3 Å². The summed E-state index contributed by atoms with van der Waals surface area (Å²) in [4.78, 5) is 0. The molecule has 0 aromatic rings. The number of hydrogen-bond donors (Lipinski definition) is 2. The van der Waals surface area contributed by atoms with Gasteiger partial charge < -0.3 is 10.2 Å². The molecule has 0 heterocycles. The van der Waals surface area contributed by atoms with Crippen molar-refractivity contribution in [3.63, 3.8) is 0 Å². The predicted molar refractivity (Wildman–Crippen MR) is 55.6 cm³/mol. The topological polar surface area (TPSA) is 40.5 Å². The van der Waals surface area contributed by atoms with Crippen molar-refractivity contribution in [2.75, 3.05) is 6.61 Å². The molecule has 80 valence electrons. The third-order valence-electron chi connectivity index (χ3n) is 2.89. The first-order valence-corrected chi connectivity index (χ1v) is 5.44. The molecule has 0 aromatic heterocycles. The van der Waals surface area contributed by atoms with Gasteiger partial charge in [-0.1, -0.05) is 40.0 Å². The van der Waals surface area contributed by atoms with Crippen LogP contribution in [0.3, 0.4) is 0 Å². The van der Waals surface area contributed by atoms with Crippen molar-refractivity contribution in [3.05, 3.63) is 0 Å². The zero-order chi connectivity index (χ0) is 10.3. The Morgan fingerprint density at radius 2 is 1.85 bits per heavy atom. The van der Waals surface area contributed by atoms with Gasteiger partial charge in [-0.3, -0.25) is 0 Å². The predicted octanol–water partition coefficient (Wildman–Crippen LogP) is 2.19. The van der Waals surface area contributed by atoms with E-state index >= 15 is 0 Å². The van der Waals surface area contributed by atoms with Gasteiger partial charge in [0.2, 0.25) is 0 Å². The van der Waals surface area contributed by atoms with Gasteiger partial charge >= 0.3 is 0 Å². The van der Waals surface area contributed by atoms with E-state index in [0.717, 1.165) is 25.7 Å². The largest absolute Gasteiger partial charge is 0.394 e. The molecule has 2 N–H and O–H groups in total. The highest BCUT2D eigenvalue weighted by Gasteiger charge is 2.18. The fraction of sp³-hybridized carbons (Fsp3) is 1.00. The van der Waals surface area contributed by atoms with Crippen LogP contribution < -0.4 is 0 Å². The van der Waals surface area contributed by atoms with Crippen LogP contribution in [0, 0.1) is 11.8 Å². The highest BCUT2D eigenvalue weighted by Crippen LogP contribution is 2.25. The zero-order valence-corrected chi connectivity index (χ0v) is 9.16. The Bertz CT molecular complexity index is 115. The van der Waals surface area contributed by atoms with Crippen molar-refractivity contribution in [1.29, 1.82) is 0 Å². The average molecular weight is 188 g/mol. The SMILES string of the molecule is CCCC(CC(O)CO)C(C)CC. The molecule has 0 saturated carbocycles. The first kappa shape index (κ1) is 12.9. The van der Waals surface area contributed by atoms with Crippen molar-refractivity contribution in [3.8, 4) is 0 Å². The van der Waals surface area contributed by atoms with Gasteiger partial charge in [-0.15, -0.1) is 0 Å². The van der Waals surface area contributed by atoms with E-state index in [1.165, 1.54) is 0 Å². The number of hydrogen-bond acceptors (Lipinski definition) is 2. The third-order valence-corrected chi connectivity index (χ3v) is 2.89. The maximum Gasteiger partial charge on any atom is 0.0773 e. The molecule has 0 aliphatic heterocycles. The zero-order valence-electron chi connectivity index (χ0n) is 9.16. The van der Waals surface area contributed by atoms with Gasteiger partial charge in [0.25, 0.3) is 0 Å². The van der Waals surface area contributed by atoms with E-state index in [0.29, 0.717) is 11.8 Å². The van der Waals surface area contributed by atoms with Crippen LogP contribution in [0.2, 0.25) is 0 Å². The van der Waals surface area contributed by atoms with Crippen molar-refractivity contribution in [1.82, 2.24) is 0 Å². The van der Waals surface area contributed by atoms with Gasteiger partial charge in [-0.25, -0.2) is 0 Å². The van der Waals surface area contributed by atoms with Crippen LogP contribution in [0.5, 0.6) is 0 Å². The van der Waals surface area contributed by atoms with Crippen molar-refractivity contribution >= 4 is 0 Å². The molecule has 2 nitrogen and oxygen atoms in total. The van der Waals surface area contributed by atoms with E-state index in [2.05, 4.69) is 20.8 Å². The van der Waals surface area contributed by atoms with Gasteiger partial charge in [0.1, 0.15) is 0 Å². The first-order chi connectivity index (χ1) is 6.15. The summed E-state index contributed by atoms with van der Waals surface area (Å²) in [5, 5.41) is 18.1. The maximum atomic E-state index is 9.35. The van der Waals surface area contributed by atoms with Crippen LogP contribution >= 0.6 is 0 Å². The summed E-state index contributed by atoms with van der Waals surface area (Å²) in [5.74, 6) is 1.22. The van der Waals surface area contributed by atoms with E-state index in [9.17, 15) is 5.11 Å². The molecule has 0 aliphatic carbocycles. The molecule has 3 unspecified atom stereocenters. The molecule has 0 bridgehead atoms. The van der Waals surface area contributed by atoms with E-state index in [-0.39, 0.29) is 6.61 Å². The number of aliphatic hydroxyl groups excluding tert-OH is 2. The molecule has 0 rings (SSSR count). The van der Waals surface area contributed by atoms with E-state index in [4.69, 9.17) is 5.11 Å². The minimum atomic E-state index is -0.523. The van der Waals surface area contributed by atoms with E-state index in [1.807, 2.05) is 0 Å². The van der Waals surface area contributed by atoms with Crippen LogP contribution in [0.1, 0.15) is 46.5 Å². The molecule has 0 aromatic carbocycles. The van der Waals surface area contributed by atoms with E-state index < -0.39 is 6.10 Å².